The number of thiophene rings is 1. The lowest BCUT2D eigenvalue weighted by atomic mass is 10.0. The first kappa shape index (κ1) is 13.6. The summed E-state index contributed by atoms with van der Waals surface area (Å²) in [4.78, 5) is 12.7. The van der Waals surface area contributed by atoms with E-state index in [-0.39, 0.29) is 9.92 Å². The van der Waals surface area contributed by atoms with E-state index < -0.39 is 0 Å². The van der Waals surface area contributed by atoms with Crippen molar-refractivity contribution < 1.29 is 4.92 Å². The van der Waals surface area contributed by atoms with Crippen molar-refractivity contribution in [2.45, 2.75) is 23.9 Å². The third-order valence-corrected chi connectivity index (χ3v) is 5.47. The largest absolute Gasteiger partial charge is 0.324 e. The number of hydrogen-bond acceptors (Lipinski definition) is 5. The molecule has 4 nitrogen and oxygen atoms in total. The van der Waals surface area contributed by atoms with Crippen molar-refractivity contribution in [3.05, 3.63) is 57.0 Å². The fourth-order valence-electron chi connectivity index (χ4n) is 2.34. The van der Waals surface area contributed by atoms with E-state index in [0.29, 0.717) is 12.6 Å². The quantitative estimate of drug-likeness (QED) is 0.685. The number of nitro groups is 1. The maximum atomic E-state index is 10.7. The first-order valence-corrected chi connectivity index (χ1v) is 8.22. The topological polar surface area (TPSA) is 55.2 Å². The normalized spacial score (nSPS) is 17.7. The van der Waals surface area contributed by atoms with Crippen molar-refractivity contribution in [1.29, 1.82) is 0 Å². The lowest BCUT2D eigenvalue weighted by Crippen LogP contribution is -2.23. The summed E-state index contributed by atoms with van der Waals surface area (Å²) in [5, 5.41) is 14.4. The molecular weight excluding hydrogens is 292 g/mol. The van der Waals surface area contributed by atoms with E-state index in [2.05, 4.69) is 29.6 Å². The predicted molar refractivity (Wildman–Crippen MR) is 82.3 cm³/mol. The van der Waals surface area contributed by atoms with Gasteiger partial charge in [0.2, 0.25) is 0 Å². The van der Waals surface area contributed by atoms with Gasteiger partial charge in [-0.1, -0.05) is 29.5 Å². The van der Waals surface area contributed by atoms with Gasteiger partial charge >= 0.3 is 5.00 Å². The molecule has 1 aromatic heterocycles. The second-order valence-corrected chi connectivity index (χ2v) is 6.89. The summed E-state index contributed by atoms with van der Waals surface area (Å²) in [6.45, 7) is 0.683. The molecule has 0 bridgehead atoms. The third kappa shape index (κ3) is 2.87. The Balaban J connectivity index is 1.68. The van der Waals surface area contributed by atoms with Crippen LogP contribution in [0.5, 0.6) is 0 Å². The zero-order valence-corrected chi connectivity index (χ0v) is 12.4. The highest BCUT2D eigenvalue weighted by Gasteiger charge is 2.20. The molecule has 0 radical (unpaired) electrons. The van der Waals surface area contributed by atoms with Gasteiger partial charge in [-0.05, 0) is 29.9 Å². The Hall–Kier alpha value is -1.37. The molecule has 0 amide bonds. The van der Waals surface area contributed by atoms with Crippen molar-refractivity contribution in [3.8, 4) is 0 Å². The standard InChI is InChI=1S/C14H14N2O2S2/c17-16(18)14-6-5-10(20-14)9-15-12-7-8-19-13-4-2-1-3-11(12)13/h1-6,12,15H,7-9H2. The van der Waals surface area contributed by atoms with Gasteiger partial charge in [0.25, 0.3) is 0 Å². The third-order valence-electron chi connectivity index (χ3n) is 3.31. The molecule has 1 aromatic carbocycles. The SMILES string of the molecule is O=[N+]([O-])c1ccc(CNC2CCSc3ccccc32)s1. The minimum Gasteiger partial charge on any atom is -0.305 e. The number of rotatable bonds is 4. The van der Waals surface area contributed by atoms with Crippen molar-refractivity contribution in [3.63, 3.8) is 0 Å². The van der Waals surface area contributed by atoms with E-state index in [4.69, 9.17) is 0 Å². The van der Waals surface area contributed by atoms with Crippen LogP contribution in [0.1, 0.15) is 22.9 Å². The van der Waals surface area contributed by atoms with Crippen LogP contribution in [0.15, 0.2) is 41.3 Å². The molecule has 1 aliphatic heterocycles. The molecule has 6 heteroatoms. The maximum Gasteiger partial charge on any atom is 0.324 e. The number of nitrogens with zero attached hydrogens (tertiary/aromatic N) is 1. The van der Waals surface area contributed by atoms with Gasteiger partial charge in [-0.25, -0.2) is 0 Å². The zero-order valence-electron chi connectivity index (χ0n) is 10.7. The number of thioether (sulfide) groups is 1. The molecule has 20 heavy (non-hydrogen) atoms. The smallest absolute Gasteiger partial charge is 0.305 e. The molecule has 0 fully saturated rings. The van der Waals surface area contributed by atoms with Crippen molar-refractivity contribution in [2.75, 3.05) is 5.75 Å². The molecule has 3 rings (SSSR count). The summed E-state index contributed by atoms with van der Waals surface area (Å²) >= 11 is 3.14. The first-order valence-electron chi connectivity index (χ1n) is 6.42. The summed E-state index contributed by atoms with van der Waals surface area (Å²) in [6, 6.07) is 12.2. The minimum atomic E-state index is -0.333. The summed E-state index contributed by atoms with van der Waals surface area (Å²) in [6.07, 6.45) is 1.09. The second-order valence-electron chi connectivity index (χ2n) is 4.61. The van der Waals surface area contributed by atoms with Gasteiger partial charge < -0.3 is 5.32 Å². The second kappa shape index (κ2) is 5.95. The molecule has 1 N–H and O–H groups in total. The number of hydrogen-bond donors (Lipinski definition) is 1. The molecule has 0 saturated carbocycles. The molecule has 0 aliphatic carbocycles. The highest BCUT2D eigenvalue weighted by Crippen LogP contribution is 2.36. The Morgan fingerprint density at radius 1 is 1.30 bits per heavy atom. The Labute approximate surface area is 125 Å². The Morgan fingerprint density at radius 3 is 2.95 bits per heavy atom. The Bertz CT molecular complexity index is 627. The van der Waals surface area contributed by atoms with E-state index in [9.17, 15) is 10.1 Å². The van der Waals surface area contributed by atoms with Gasteiger partial charge in [0.05, 0.1) is 4.92 Å². The average Bonchev–Trinajstić information content (AvgIpc) is 2.94. The van der Waals surface area contributed by atoms with Gasteiger partial charge in [0.1, 0.15) is 0 Å². The average molecular weight is 306 g/mol. The first-order chi connectivity index (χ1) is 9.74. The fourth-order valence-corrected chi connectivity index (χ4v) is 4.23. The summed E-state index contributed by atoms with van der Waals surface area (Å²) in [5.41, 5.74) is 1.34. The Kier molecular flexibility index (Phi) is 4.05. The molecule has 2 aromatic rings. The zero-order chi connectivity index (χ0) is 13.9. The molecule has 0 spiro atoms. The van der Waals surface area contributed by atoms with Crippen LogP contribution < -0.4 is 5.32 Å². The fraction of sp³-hybridized carbons (Fsp3) is 0.286. The van der Waals surface area contributed by atoms with Crippen molar-refractivity contribution in [2.24, 2.45) is 0 Å². The lowest BCUT2D eigenvalue weighted by Gasteiger charge is -2.25. The van der Waals surface area contributed by atoms with Crippen LogP contribution in [0.4, 0.5) is 5.00 Å². The van der Waals surface area contributed by atoms with Crippen LogP contribution in [0.25, 0.3) is 0 Å². The molecule has 2 heterocycles. The molecular formula is C14H14N2O2S2. The number of benzene rings is 1. The van der Waals surface area contributed by atoms with E-state index in [1.165, 1.54) is 21.8 Å². The van der Waals surface area contributed by atoms with Crippen LogP contribution >= 0.6 is 23.1 Å². The van der Waals surface area contributed by atoms with Gasteiger partial charge in [0.15, 0.2) is 0 Å². The lowest BCUT2D eigenvalue weighted by molar-refractivity contribution is -0.380. The highest BCUT2D eigenvalue weighted by atomic mass is 32.2. The van der Waals surface area contributed by atoms with E-state index in [1.807, 2.05) is 17.8 Å². The molecule has 1 aliphatic rings. The van der Waals surface area contributed by atoms with Gasteiger partial charge in [-0.2, -0.15) is 0 Å². The van der Waals surface area contributed by atoms with Gasteiger partial charge in [-0.15, -0.1) is 11.8 Å². The highest BCUT2D eigenvalue weighted by molar-refractivity contribution is 7.99. The monoisotopic (exact) mass is 306 g/mol. The van der Waals surface area contributed by atoms with E-state index in [0.717, 1.165) is 17.1 Å². The van der Waals surface area contributed by atoms with Gasteiger partial charge in [-0.3, -0.25) is 10.1 Å². The van der Waals surface area contributed by atoms with Crippen LogP contribution in [0, 0.1) is 10.1 Å². The van der Waals surface area contributed by atoms with Crippen LogP contribution in [0.3, 0.4) is 0 Å². The van der Waals surface area contributed by atoms with Gasteiger partial charge in [0, 0.05) is 28.4 Å². The number of fused-ring (bicyclic) bond motifs is 1. The predicted octanol–water partition coefficient (Wildman–Crippen LogP) is 3.98. The van der Waals surface area contributed by atoms with Crippen LogP contribution in [-0.2, 0) is 6.54 Å². The van der Waals surface area contributed by atoms with Crippen molar-refractivity contribution in [1.82, 2.24) is 5.32 Å². The van der Waals surface area contributed by atoms with Crippen molar-refractivity contribution >= 4 is 28.1 Å². The molecule has 1 unspecified atom stereocenters. The molecule has 1 atom stereocenters. The molecule has 0 saturated heterocycles. The van der Waals surface area contributed by atoms with Crippen LogP contribution in [0.2, 0.25) is 0 Å². The van der Waals surface area contributed by atoms with E-state index in [1.54, 1.807) is 6.07 Å². The summed E-state index contributed by atoms with van der Waals surface area (Å²) < 4.78 is 0. The summed E-state index contributed by atoms with van der Waals surface area (Å²) in [5.74, 6) is 1.11. The number of nitrogens with one attached hydrogen (secondary N) is 1. The minimum absolute atomic E-state index is 0.210. The van der Waals surface area contributed by atoms with E-state index >= 15 is 0 Å². The molecule has 104 valence electrons. The maximum absolute atomic E-state index is 10.7. The Morgan fingerprint density at radius 2 is 2.15 bits per heavy atom. The summed E-state index contributed by atoms with van der Waals surface area (Å²) in [7, 11) is 0. The van der Waals surface area contributed by atoms with Crippen LogP contribution in [-0.4, -0.2) is 10.7 Å².